The zero-order valence-corrected chi connectivity index (χ0v) is 12.4. The molecular formula is C16H23N3O2. The second-order valence-electron chi connectivity index (χ2n) is 6.01. The van der Waals surface area contributed by atoms with E-state index < -0.39 is 0 Å². The SMILES string of the molecule is O=C(c1ccncc1O)N1CCC(N2CCCCC2)CC1. The number of hydrogen-bond acceptors (Lipinski definition) is 4. The van der Waals surface area contributed by atoms with Crippen LogP contribution in [0.3, 0.4) is 0 Å². The van der Waals surface area contributed by atoms with Crippen molar-refractivity contribution in [1.82, 2.24) is 14.8 Å². The van der Waals surface area contributed by atoms with Gasteiger partial charge < -0.3 is 14.9 Å². The van der Waals surface area contributed by atoms with Crippen molar-refractivity contribution in [2.45, 2.75) is 38.1 Å². The van der Waals surface area contributed by atoms with Crippen molar-refractivity contribution < 1.29 is 9.90 Å². The van der Waals surface area contributed by atoms with E-state index in [0.717, 1.165) is 25.9 Å². The Kier molecular flexibility index (Phi) is 4.39. The number of pyridine rings is 1. The van der Waals surface area contributed by atoms with Crippen molar-refractivity contribution in [2.24, 2.45) is 0 Å². The van der Waals surface area contributed by atoms with E-state index in [2.05, 4.69) is 9.88 Å². The highest BCUT2D eigenvalue weighted by Gasteiger charge is 2.28. The molecule has 2 fully saturated rings. The first kappa shape index (κ1) is 14.3. The largest absolute Gasteiger partial charge is 0.505 e. The van der Waals surface area contributed by atoms with E-state index in [4.69, 9.17) is 0 Å². The highest BCUT2D eigenvalue weighted by atomic mass is 16.3. The van der Waals surface area contributed by atoms with Gasteiger partial charge >= 0.3 is 0 Å². The second kappa shape index (κ2) is 6.43. The highest BCUT2D eigenvalue weighted by molar-refractivity contribution is 5.96. The molecule has 0 spiro atoms. The van der Waals surface area contributed by atoms with Crippen LogP contribution < -0.4 is 0 Å². The number of amides is 1. The Morgan fingerprint density at radius 3 is 2.52 bits per heavy atom. The Morgan fingerprint density at radius 2 is 1.86 bits per heavy atom. The molecule has 5 nitrogen and oxygen atoms in total. The number of hydrogen-bond donors (Lipinski definition) is 1. The molecule has 0 radical (unpaired) electrons. The zero-order chi connectivity index (χ0) is 14.7. The first-order valence-electron chi connectivity index (χ1n) is 7.92. The molecule has 5 heteroatoms. The smallest absolute Gasteiger partial charge is 0.257 e. The molecular weight excluding hydrogens is 266 g/mol. The van der Waals surface area contributed by atoms with Crippen LogP contribution in [-0.2, 0) is 0 Å². The number of rotatable bonds is 2. The van der Waals surface area contributed by atoms with Gasteiger partial charge in [0.1, 0.15) is 5.75 Å². The third kappa shape index (κ3) is 3.18. The maximum Gasteiger partial charge on any atom is 0.257 e. The minimum absolute atomic E-state index is 0.0272. The van der Waals surface area contributed by atoms with Crippen molar-refractivity contribution in [3.8, 4) is 5.75 Å². The van der Waals surface area contributed by atoms with Crippen molar-refractivity contribution in [3.63, 3.8) is 0 Å². The summed E-state index contributed by atoms with van der Waals surface area (Å²) >= 11 is 0. The van der Waals surface area contributed by atoms with Gasteiger partial charge in [0.2, 0.25) is 0 Å². The zero-order valence-electron chi connectivity index (χ0n) is 12.4. The molecule has 3 heterocycles. The van der Waals surface area contributed by atoms with Crippen LogP contribution in [0.15, 0.2) is 18.5 Å². The van der Waals surface area contributed by atoms with Gasteiger partial charge in [-0.1, -0.05) is 6.42 Å². The van der Waals surface area contributed by atoms with Gasteiger partial charge in [-0.25, -0.2) is 0 Å². The number of aromatic hydroxyl groups is 1. The Morgan fingerprint density at radius 1 is 1.14 bits per heavy atom. The maximum atomic E-state index is 12.4. The fourth-order valence-corrected chi connectivity index (χ4v) is 3.45. The van der Waals surface area contributed by atoms with Crippen molar-refractivity contribution in [3.05, 3.63) is 24.0 Å². The lowest BCUT2D eigenvalue weighted by molar-refractivity contribution is 0.0587. The number of piperidine rings is 2. The summed E-state index contributed by atoms with van der Waals surface area (Å²) in [5, 5.41) is 9.75. The molecule has 3 rings (SSSR count). The van der Waals surface area contributed by atoms with Gasteiger partial charge in [-0.3, -0.25) is 9.78 Å². The minimum Gasteiger partial charge on any atom is -0.505 e. The summed E-state index contributed by atoms with van der Waals surface area (Å²) in [6.45, 7) is 3.98. The first-order valence-corrected chi connectivity index (χ1v) is 7.92. The summed E-state index contributed by atoms with van der Waals surface area (Å²) in [5.41, 5.74) is 0.362. The summed E-state index contributed by atoms with van der Waals surface area (Å²) in [5.74, 6) is -0.104. The maximum absolute atomic E-state index is 12.4. The van der Waals surface area contributed by atoms with E-state index >= 15 is 0 Å². The van der Waals surface area contributed by atoms with Crippen molar-refractivity contribution in [2.75, 3.05) is 26.2 Å². The average molecular weight is 289 g/mol. The lowest BCUT2D eigenvalue weighted by Gasteiger charge is -2.40. The lowest BCUT2D eigenvalue weighted by atomic mass is 9.99. The molecule has 1 aromatic heterocycles. The lowest BCUT2D eigenvalue weighted by Crippen LogP contribution is -2.48. The molecule has 0 atom stereocenters. The van der Waals surface area contributed by atoms with Gasteiger partial charge in [0.25, 0.3) is 5.91 Å². The van der Waals surface area contributed by atoms with E-state index in [1.54, 1.807) is 12.3 Å². The molecule has 2 aliphatic heterocycles. The molecule has 1 N–H and O–H groups in total. The molecule has 1 amide bonds. The summed E-state index contributed by atoms with van der Waals surface area (Å²) in [7, 11) is 0. The van der Waals surface area contributed by atoms with E-state index in [-0.39, 0.29) is 11.7 Å². The van der Waals surface area contributed by atoms with Crippen LogP contribution in [-0.4, -0.2) is 58.0 Å². The van der Waals surface area contributed by atoms with Gasteiger partial charge in [0, 0.05) is 25.3 Å². The highest BCUT2D eigenvalue weighted by Crippen LogP contribution is 2.23. The number of likely N-dealkylation sites (tertiary alicyclic amines) is 2. The normalized spacial score (nSPS) is 21.4. The number of nitrogens with zero attached hydrogens (tertiary/aromatic N) is 3. The molecule has 2 saturated heterocycles. The summed E-state index contributed by atoms with van der Waals surface area (Å²) in [4.78, 5) is 20.7. The fraction of sp³-hybridized carbons (Fsp3) is 0.625. The molecule has 0 bridgehead atoms. The van der Waals surface area contributed by atoms with E-state index in [0.29, 0.717) is 11.6 Å². The molecule has 21 heavy (non-hydrogen) atoms. The molecule has 2 aliphatic rings. The Labute approximate surface area is 125 Å². The first-order chi connectivity index (χ1) is 10.3. The van der Waals surface area contributed by atoms with Crippen LogP contribution in [0.1, 0.15) is 42.5 Å². The average Bonchev–Trinajstić information content (AvgIpc) is 2.56. The monoisotopic (exact) mass is 289 g/mol. The summed E-state index contributed by atoms with van der Waals surface area (Å²) in [6.07, 6.45) is 8.93. The minimum atomic E-state index is -0.0769. The van der Waals surface area contributed by atoms with Crippen molar-refractivity contribution >= 4 is 5.91 Å². The fourth-order valence-electron chi connectivity index (χ4n) is 3.45. The molecule has 0 unspecified atom stereocenters. The molecule has 0 aliphatic carbocycles. The van der Waals surface area contributed by atoms with E-state index in [1.165, 1.54) is 38.5 Å². The van der Waals surface area contributed by atoms with Crippen molar-refractivity contribution in [1.29, 1.82) is 0 Å². The quantitative estimate of drug-likeness (QED) is 0.903. The number of aromatic nitrogens is 1. The second-order valence-corrected chi connectivity index (χ2v) is 6.01. The molecule has 0 saturated carbocycles. The predicted octanol–water partition coefficient (Wildman–Crippen LogP) is 1.88. The number of carbonyl (C=O) groups excluding carboxylic acids is 1. The Balaban J connectivity index is 1.58. The van der Waals surface area contributed by atoms with Crippen LogP contribution in [0.2, 0.25) is 0 Å². The summed E-state index contributed by atoms with van der Waals surface area (Å²) < 4.78 is 0. The van der Waals surface area contributed by atoms with Crippen LogP contribution in [0, 0.1) is 0 Å². The van der Waals surface area contributed by atoms with E-state index in [1.807, 2.05) is 4.90 Å². The van der Waals surface area contributed by atoms with Crippen LogP contribution in [0.25, 0.3) is 0 Å². The van der Waals surface area contributed by atoms with Gasteiger partial charge in [-0.15, -0.1) is 0 Å². The van der Waals surface area contributed by atoms with E-state index in [9.17, 15) is 9.90 Å². The molecule has 114 valence electrons. The van der Waals surface area contributed by atoms with Gasteiger partial charge in [0.15, 0.2) is 0 Å². The number of carbonyl (C=O) groups is 1. The third-order valence-electron chi connectivity index (χ3n) is 4.69. The third-order valence-corrected chi connectivity index (χ3v) is 4.69. The predicted molar refractivity (Wildman–Crippen MR) is 80.3 cm³/mol. The van der Waals surface area contributed by atoms with Gasteiger partial charge in [-0.2, -0.15) is 0 Å². The standard InChI is InChI=1S/C16H23N3O2/c20-15-12-17-7-4-14(15)16(21)19-10-5-13(6-11-19)18-8-2-1-3-9-18/h4,7,12-13,20H,1-3,5-6,8-11H2. The van der Waals surface area contributed by atoms with Crippen LogP contribution in [0.5, 0.6) is 5.75 Å². The van der Waals surface area contributed by atoms with Gasteiger partial charge in [-0.05, 0) is 44.8 Å². The molecule has 0 aromatic carbocycles. The van der Waals surface area contributed by atoms with Gasteiger partial charge in [0.05, 0.1) is 11.8 Å². The Bertz CT molecular complexity index is 492. The van der Waals surface area contributed by atoms with Crippen LogP contribution >= 0.6 is 0 Å². The molecule has 1 aromatic rings. The summed E-state index contributed by atoms with van der Waals surface area (Å²) in [6, 6.07) is 2.22. The topological polar surface area (TPSA) is 56.7 Å². The van der Waals surface area contributed by atoms with Crippen LogP contribution in [0.4, 0.5) is 0 Å². The Hall–Kier alpha value is -1.62.